The first kappa shape index (κ1) is 13.8. The van der Waals surface area contributed by atoms with Gasteiger partial charge in [-0.15, -0.1) is 0 Å². The molecule has 1 aliphatic carbocycles. The summed E-state index contributed by atoms with van der Waals surface area (Å²) in [5.74, 6) is -0.164. The zero-order chi connectivity index (χ0) is 9.41. The first-order valence-electron chi connectivity index (χ1n) is 3.11. The van der Waals surface area contributed by atoms with E-state index in [1.54, 1.807) is 0 Å². The van der Waals surface area contributed by atoms with Gasteiger partial charge in [-0.05, 0) is 18.2 Å². The fraction of sp³-hybridized carbons (Fsp3) is 0.333. The fourth-order valence-electron chi connectivity index (χ4n) is 0.788. The van der Waals surface area contributed by atoms with Gasteiger partial charge in [-0.2, -0.15) is 0 Å². The molecule has 0 aromatic carbocycles. The summed E-state index contributed by atoms with van der Waals surface area (Å²) in [6, 6.07) is 0. The van der Waals surface area contributed by atoms with E-state index in [0.717, 1.165) is 18.2 Å². The van der Waals surface area contributed by atoms with Gasteiger partial charge in [0.15, 0.2) is 4.93 Å². The van der Waals surface area contributed by atoms with Gasteiger partial charge in [0.25, 0.3) is 0 Å². The van der Waals surface area contributed by atoms with Crippen molar-refractivity contribution in [3.8, 4) is 0 Å². The Morgan fingerprint density at radius 2 is 2.08 bits per heavy atom. The molecular weight excluding hydrogens is 223 g/mol. The third-order valence-electron chi connectivity index (χ3n) is 1.55. The monoisotopic (exact) mass is 230 g/mol. The molecule has 1 rings (SSSR count). The molecule has 0 spiro atoms. The van der Waals surface area contributed by atoms with Crippen molar-refractivity contribution < 1.29 is 74.6 Å². The van der Waals surface area contributed by atoms with Crippen molar-refractivity contribution in [3.63, 3.8) is 0 Å². The maximum Gasteiger partial charge on any atom is 1.00 e. The van der Waals surface area contributed by atoms with Gasteiger partial charge in [-0.3, -0.25) is 0 Å². The molecule has 0 aromatic heterocycles. The Bertz CT molecular complexity index is 344. The third kappa shape index (κ3) is 3.13. The van der Waals surface area contributed by atoms with Gasteiger partial charge in [-0.1, -0.05) is 0 Å². The Hall–Kier alpha value is 0.786. The summed E-state index contributed by atoms with van der Waals surface area (Å²) in [7, 11) is -4.79. The predicted octanol–water partition coefficient (Wildman–Crippen LogP) is -3.37. The van der Waals surface area contributed by atoms with Gasteiger partial charge in [0, 0.05) is 6.42 Å². The topological polar surface area (TPSA) is 97.7 Å². The van der Waals surface area contributed by atoms with Crippen LogP contribution in [0.5, 0.6) is 0 Å². The molecule has 0 aliphatic heterocycles. The molecule has 1 unspecified atom stereocenters. The summed E-state index contributed by atoms with van der Waals surface area (Å²) in [5, 5.41) is 18.0. The van der Waals surface area contributed by atoms with Crippen LogP contribution in [0.4, 0.5) is 0 Å². The Morgan fingerprint density at radius 3 is 2.38 bits per heavy atom. The number of hydrogen-bond donors (Lipinski definition) is 2. The van der Waals surface area contributed by atoms with Gasteiger partial charge in [-0.25, -0.2) is 8.42 Å². The summed E-state index contributed by atoms with van der Waals surface area (Å²) in [4.78, 5) is -2.40. The summed E-state index contributed by atoms with van der Waals surface area (Å²) < 4.78 is 31.3. The molecule has 5 nitrogen and oxygen atoms in total. The maximum atomic E-state index is 10.4. The minimum atomic E-state index is -4.79. The van der Waals surface area contributed by atoms with Crippen LogP contribution >= 0.6 is 0 Å². The van der Waals surface area contributed by atoms with Crippen LogP contribution in [0.25, 0.3) is 0 Å². The summed E-state index contributed by atoms with van der Waals surface area (Å²) in [5.41, 5.74) is 0. The molecule has 0 fully saturated rings. The van der Waals surface area contributed by atoms with Crippen molar-refractivity contribution in [2.24, 2.45) is 0 Å². The second-order valence-corrected chi connectivity index (χ2v) is 4.08. The van der Waals surface area contributed by atoms with Crippen molar-refractivity contribution in [1.82, 2.24) is 0 Å². The van der Waals surface area contributed by atoms with Crippen LogP contribution in [-0.4, -0.2) is 28.1 Å². The van der Waals surface area contributed by atoms with E-state index in [1.807, 2.05) is 0 Å². The van der Waals surface area contributed by atoms with E-state index >= 15 is 0 Å². The molecule has 0 radical (unpaired) electrons. The molecule has 7 heteroatoms. The Morgan fingerprint density at radius 1 is 1.54 bits per heavy atom. The number of allylic oxidation sites excluding steroid dienone is 1. The zero-order valence-electron chi connectivity index (χ0n) is 6.97. The number of rotatable bonds is 1. The molecule has 68 valence electrons. The van der Waals surface area contributed by atoms with Gasteiger partial charge in [0.1, 0.15) is 15.9 Å². The van der Waals surface area contributed by atoms with E-state index in [2.05, 4.69) is 0 Å². The second-order valence-electron chi connectivity index (χ2n) is 2.47. The van der Waals surface area contributed by atoms with E-state index in [9.17, 15) is 18.1 Å². The SMILES string of the molecule is O=S(=O)([O-])C1(O)C=CC(O)=CC1.[K+]. The average Bonchev–Trinajstić information content (AvgIpc) is 1.93. The van der Waals surface area contributed by atoms with Crippen molar-refractivity contribution in [3.05, 3.63) is 24.0 Å². The van der Waals surface area contributed by atoms with Crippen molar-refractivity contribution >= 4 is 10.1 Å². The van der Waals surface area contributed by atoms with Gasteiger partial charge >= 0.3 is 51.4 Å². The molecule has 2 N–H and O–H groups in total. The summed E-state index contributed by atoms with van der Waals surface area (Å²) in [6.45, 7) is 0. The largest absolute Gasteiger partial charge is 1.00 e. The molecule has 0 saturated heterocycles. The van der Waals surface area contributed by atoms with Gasteiger partial charge in [0.2, 0.25) is 0 Å². The standard InChI is InChI=1S/C6H8O5S.K/c7-5-1-3-6(8,4-2-5)12(9,10)11;/h1-3,7-8H,4H2,(H,9,10,11);/q;+1/p-1. The van der Waals surface area contributed by atoms with Gasteiger partial charge in [0.05, 0.1) is 0 Å². The first-order valence-corrected chi connectivity index (χ1v) is 4.52. The van der Waals surface area contributed by atoms with Crippen LogP contribution in [0.1, 0.15) is 6.42 Å². The van der Waals surface area contributed by atoms with Crippen LogP contribution < -0.4 is 51.4 Å². The molecule has 0 amide bonds. The fourth-order valence-corrected chi connectivity index (χ4v) is 1.31. The molecule has 1 aliphatic rings. The minimum Gasteiger partial charge on any atom is -0.745 e. The van der Waals surface area contributed by atoms with Crippen molar-refractivity contribution in [1.29, 1.82) is 0 Å². The molecule has 0 aromatic rings. The Kier molecular flexibility index (Phi) is 4.81. The quantitative estimate of drug-likeness (QED) is 0.362. The molecular formula is C6H7KO5S. The summed E-state index contributed by atoms with van der Waals surface area (Å²) >= 11 is 0. The van der Waals surface area contributed by atoms with Crippen LogP contribution in [0.2, 0.25) is 0 Å². The Balaban J connectivity index is 0.00000144. The Labute approximate surface area is 118 Å². The van der Waals surface area contributed by atoms with E-state index < -0.39 is 21.5 Å². The van der Waals surface area contributed by atoms with E-state index in [-0.39, 0.29) is 57.1 Å². The van der Waals surface area contributed by atoms with E-state index in [1.165, 1.54) is 0 Å². The minimum absolute atomic E-state index is 0. The number of hydrogen-bond acceptors (Lipinski definition) is 5. The molecule has 1 atom stereocenters. The zero-order valence-corrected chi connectivity index (χ0v) is 10.9. The van der Waals surface area contributed by atoms with Crippen LogP contribution in [0.15, 0.2) is 24.0 Å². The maximum absolute atomic E-state index is 10.4. The van der Waals surface area contributed by atoms with Crippen LogP contribution in [0, 0.1) is 0 Å². The normalized spacial score (nSPS) is 27.7. The predicted molar refractivity (Wildman–Crippen MR) is 39.1 cm³/mol. The average molecular weight is 230 g/mol. The van der Waals surface area contributed by atoms with Crippen molar-refractivity contribution in [2.45, 2.75) is 11.4 Å². The smallest absolute Gasteiger partial charge is 0.745 e. The van der Waals surface area contributed by atoms with E-state index in [4.69, 9.17) is 5.11 Å². The number of aliphatic hydroxyl groups excluding tert-OH is 1. The van der Waals surface area contributed by atoms with Gasteiger partial charge < -0.3 is 14.8 Å². The second kappa shape index (κ2) is 4.54. The summed E-state index contributed by atoms with van der Waals surface area (Å²) in [6.07, 6.45) is 2.39. The first-order chi connectivity index (χ1) is 5.35. The number of aliphatic hydroxyl groups is 2. The van der Waals surface area contributed by atoms with E-state index in [0.29, 0.717) is 0 Å². The van der Waals surface area contributed by atoms with Crippen LogP contribution in [-0.2, 0) is 10.1 Å². The molecule has 0 saturated carbocycles. The molecule has 13 heavy (non-hydrogen) atoms. The third-order valence-corrected chi connectivity index (χ3v) is 2.72. The van der Waals surface area contributed by atoms with Crippen LogP contribution in [0.3, 0.4) is 0 Å². The molecule has 0 heterocycles. The van der Waals surface area contributed by atoms with Crippen molar-refractivity contribution in [2.75, 3.05) is 0 Å². The molecule has 0 bridgehead atoms.